The largest absolute Gasteiger partial charge is 0.507 e. The predicted octanol–water partition coefficient (Wildman–Crippen LogP) is 2.40. The van der Waals surface area contributed by atoms with E-state index in [1.54, 1.807) is 13.2 Å². The molecular formula is C15H16NO2+. The van der Waals surface area contributed by atoms with E-state index >= 15 is 0 Å². The Balaban J connectivity index is 2.20. The molecule has 92 valence electrons. The number of benzene rings is 1. The number of aromatic nitrogens is 1. The fourth-order valence-electron chi connectivity index (χ4n) is 1.60. The van der Waals surface area contributed by atoms with Gasteiger partial charge in [-0.3, -0.25) is 0 Å². The van der Waals surface area contributed by atoms with Crippen LogP contribution in [0.5, 0.6) is 11.5 Å². The molecule has 0 radical (unpaired) electrons. The normalized spacial score (nSPS) is 10.8. The summed E-state index contributed by atoms with van der Waals surface area (Å²) in [5.74, 6) is 0.864. The first-order chi connectivity index (χ1) is 8.69. The van der Waals surface area contributed by atoms with Gasteiger partial charge < -0.3 is 9.84 Å². The van der Waals surface area contributed by atoms with Crippen LogP contribution in [-0.2, 0) is 7.05 Å². The van der Waals surface area contributed by atoms with E-state index in [0.717, 1.165) is 11.1 Å². The lowest BCUT2D eigenvalue weighted by Gasteiger charge is -2.02. The number of aryl methyl sites for hydroxylation is 1. The molecule has 1 heterocycles. The van der Waals surface area contributed by atoms with Gasteiger partial charge in [-0.15, -0.1) is 0 Å². The van der Waals surface area contributed by atoms with E-state index in [9.17, 15) is 5.11 Å². The molecule has 0 aliphatic rings. The quantitative estimate of drug-likeness (QED) is 0.838. The SMILES string of the molecule is COc1ccc(/C=C/c2cc[n+](C)cc2)c(O)c1. The van der Waals surface area contributed by atoms with E-state index in [0.29, 0.717) is 5.75 Å². The lowest BCUT2D eigenvalue weighted by atomic mass is 10.1. The zero-order valence-electron chi connectivity index (χ0n) is 10.5. The maximum Gasteiger partial charge on any atom is 0.169 e. The number of ether oxygens (including phenoxy) is 1. The number of nitrogens with zero attached hydrogens (tertiary/aromatic N) is 1. The van der Waals surface area contributed by atoms with Crippen molar-refractivity contribution in [2.45, 2.75) is 0 Å². The summed E-state index contributed by atoms with van der Waals surface area (Å²) in [6, 6.07) is 9.27. The Morgan fingerprint density at radius 3 is 2.44 bits per heavy atom. The molecule has 0 fully saturated rings. The van der Waals surface area contributed by atoms with Crippen LogP contribution in [0, 0.1) is 0 Å². The van der Waals surface area contributed by atoms with Crippen LogP contribution < -0.4 is 9.30 Å². The summed E-state index contributed by atoms with van der Waals surface area (Å²) in [5.41, 5.74) is 1.85. The Morgan fingerprint density at radius 2 is 1.83 bits per heavy atom. The van der Waals surface area contributed by atoms with E-state index in [1.165, 1.54) is 0 Å². The van der Waals surface area contributed by atoms with E-state index in [-0.39, 0.29) is 5.75 Å². The van der Waals surface area contributed by atoms with Gasteiger partial charge in [0.25, 0.3) is 0 Å². The zero-order chi connectivity index (χ0) is 13.0. The number of methoxy groups -OCH3 is 1. The predicted molar refractivity (Wildman–Crippen MR) is 71.2 cm³/mol. The monoisotopic (exact) mass is 242 g/mol. The topological polar surface area (TPSA) is 33.3 Å². The van der Waals surface area contributed by atoms with Gasteiger partial charge in [-0.25, -0.2) is 4.57 Å². The molecule has 1 aromatic heterocycles. The summed E-state index contributed by atoms with van der Waals surface area (Å²) >= 11 is 0. The van der Waals surface area contributed by atoms with E-state index in [1.807, 2.05) is 60.4 Å². The van der Waals surface area contributed by atoms with E-state index in [4.69, 9.17) is 4.74 Å². The number of aromatic hydroxyl groups is 1. The first-order valence-corrected chi connectivity index (χ1v) is 5.69. The van der Waals surface area contributed by atoms with Crippen molar-refractivity contribution < 1.29 is 14.4 Å². The highest BCUT2D eigenvalue weighted by Gasteiger charge is 1.99. The van der Waals surface area contributed by atoms with Crippen molar-refractivity contribution in [2.75, 3.05) is 7.11 Å². The molecule has 3 heteroatoms. The summed E-state index contributed by atoms with van der Waals surface area (Å²) in [6.07, 6.45) is 7.80. The van der Waals surface area contributed by atoms with Gasteiger partial charge in [0.15, 0.2) is 12.4 Å². The highest BCUT2D eigenvalue weighted by molar-refractivity contribution is 5.72. The molecular weight excluding hydrogens is 226 g/mol. The van der Waals surface area contributed by atoms with E-state index < -0.39 is 0 Å². The Bertz CT molecular complexity index is 559. The minimum Gasteiger partial charge on any atom is -0.507 e. The van der Waals surface area contributed by atoms with Crippen molar-refractivity contribution in [1.29, 1.82) is 0 Å². The first kappa shape index (κ1) is 12.2. The minimum absolute atomic E-state index is 0.215. The van der Waals surface area contributed by atoms with Crippen molar-refractivity contribution in [3.63, 3.8) is 0 Å². The van der Waals surface area contributed by atoms with Crippen LogP contribution in [0.4, 0.5) is 0 Å². The molecule has 0 amide bonds. The molecule has 0 aliphatic carbocycles. The van der Waals surface area contributed by atoms with Crippen LogP contribution in [0.2, 0.25) is 0 Å². The molecule has 0 spiro atoms. The number of phenols is 1. The third-order valence-corrected chi connectivity index (χ3v) is 2.70. The maximum atomic E-state index is 9.81. The van der Waals surface area contributed by atoms with Crippen LogP contribution in [-0.4, -0.2) is 12.2 Å². The molecule has 0 aliphatic heterocycles. The van der Waals surface area contributed by atoms with Crippen LogP contribution in [0.1, 0.15) is 11.1 Å². The van der Waals surface area contributed by atoms with E-state index in [2.05, 4.69) is 0 Å². The number of rotatable bonds is 3. The van der Waals surface area contributed by atoms with Gasteiger partial charge in [0.05, 0.1) is 7.11 Å². The van der Waals surface area contributed by atoms with Gasteiger partial charge in [-0.1, -0.05) is 12.2 Å². The van der Waals surface area contributed by atoms with Crippen LogP contribution in [0.25, 0.3) is 12.2 Å². The number of pyridine rings is 1. The summed E-state index contributed by atoms with van der Waals surface area (Å²) < 4.78 is 7.01. The molecule has 0 bridgehead atoms. The van der Waals surface area contributed by atoms with Crippen molar-refractivity contribution in [3.8, 4) is 11.5 Å². The number of phenolic OH excluding ortho intramolecular Hbond substituents is 1. The summed E-state index contributed by atoms with van der Waals surface area (Å²) in [7, 11) is 3.55. The molecule has 0 atom stereocenters. The Hall–Kier alpha value is -2.29. The molecule has 0 saturated heterocycles. The summed E-state index contributed by atoms with van der Waals surface area (Å²) in [5, 5.41) is 9.81. The summed E-state index contributed by atoms with van der Waals surface area (Å²) in [4.78, 5) is 0. The zero-order valence-corrected chi connectivity index (χ0v) is 10.5. The third kappa shape index (κ3) is 2.88. The standard InChI is InChI=1S/C15H15NO2/c1-16-9-7-12(8-10-16)3-4-13-5-6-14(18-2)11-15(13)17/h3-11H,1-2H3/p+1. The Labute approximate surface area is 107 Å². The molecule has 0 saturated carbocycles. The van der Waals surface area contributed by atoms with Crippen molar-refractivity contribution in [1.82, 2.24) is 0 Å². The van der Waals surface area contributed by atoms with Gasteiger partial charge in [-0.05, 0) is 17.7 Å². The lowest BCUT2D eigenvalue weighted by molar-refractivity contribution is -0.671. The van der Waals surface area contributed by atoms with Crippen molar-refractivity contribution >= 4 is 12.2 Å². The third-order valence-electron chi connectivity index (χ3n) is 2.70. The summed E-state index contributed by atoms with van der Waals surface area (Å²) in [6.45, 7) is 0. The first-order valence-electron chi connectivity index (χ1n) is 5.69. The lowest BCUT2D eigenvalue weighted by Crippen LogP contribution is -2.25. The highest BCUT2D eigenvalue weighted by Crippen LogP contribution is 2.24. The molecule has 1 aromatic carbocycles. The molecule has 1 N–H and O–H groups in total. The average Bonchev–Trinajstić information content (AvgIpc) is 2.39. The number of hydrogen-bond donors (Lipinski definition) is 1. The van der Waals surface area contributed by atoms with Gasteiger partial charge in [0.1, 0.15) is 18.5 Å². The molecule has 2 aromatic rings. The highest BCUT2D eigenvalue weighted by atomic mass is 16.5. The fourth-order valence-corrected chi connectivity index (χ4v) is 1.60. The fraction of sp³-hybridized carbons (Fsp3) is 0.133. The average molecular weight is 242 g/mol. The van der Waals surface area contributed by atoms with Gasteiger partial charge in [0.2, 0.25) is 0 Å². The van der Waals surface area contributed by atoms with Crippen LogP contribution in [0.15, 0.2) is 42.7 Å². The van der Waals surface area contributed by atoms with Crippen LogP contribution >= 0.6 is 0 Å². The Kier molecular flexibility index (Phi) is 3.63. The molecule has 18 heavy (non-hydrogen) atoms. The molecule has 0 unspecified atom stereocenters. The smallest absolute Gasteiger partial charge is 0.169 e. The van der Waals surface area contributed by atoms with Gasteiger partial charge in [-0.2, -0.15) is 0 Å². The molecule has 2 rings (SSSR count). The molecule has 3 nitrogen and oxygen atoms in total. The second kappa shape index (κ2) is 5.36. The van der Waals surface area contributed by atoms with Crippen molar-refractivity contribution in [3.05, 3.63) is 53.9 Å². The second-order valence-corrected chi connectivity index (χ2v) is 4.06. The second-order valence-electron chi connectivity index (χ2n) is 4.06. The number of hydrogen-bond acceptors (Lipinski definition) is 2. The Morgan fingerprint density at radius 1 is 1.11 bits per heavy atom. The minimum atomic E-state index is 0.215. The maximum absolute atomic E-state index is 9.81. The van der Waals surface area contributed by atoms with Crippen molar-refractivity contribution in [2.24, 2.45) is 7.05 Å². The van der Waals surface area contributed by atoms with Gasteiger partial charge in [0, 0.05) is 23.8 Å². The van der Waals surface area contributed by atoms with Crippen LogP contribution in [0.3, 0.4) is 0 Å². The van der Waals surface area contributed by atoms with Gasteiger partial charge >= 0.3 is 0 Å².